The smallest absolute Gasteiger partial charge is 0.341 e. The maximum Gasteiger partial charge on any atom is 0.341 e. The van der Waals surface area contributed by atoms with E-state index < -0.39 is 22.5 Å². The molecule has 1 aromatic heterocycles. The van der Waals surface area contributed by atoms with E-state index in [0.29, 0.717) is 23.5 Å². The van der Waals surface area contributed by atoms with Crippen LogP contribution in [0.4, 0.5) is 10.7 Å². The Labute approximate surface area is 189 Å². The Morgan fingerprint density at radius 1 is 1.22 bits per heavy atom. The van der Waals surface area contributed by atoms with E-state index in [2.05, 4.69) is 17.1 Å². The van der Waals surface area contributed by atoms with Crippen molar-refractivity contribution in [1.82, 2.24) is 4.90 Å². The highest BCUT2D eigenvalue weighted by Gasteiger charge is 2.31. The van der Waals surface area contributed by atoms with E-state index in [4.69, 9.17) is 14.2 Å². The molecule has 0 saturated heterocycles. The van der Waals surface area contributed by atoms with Gasteiger partial charge in [0.2, 0.25) is 0 Å². The molecule has 0 atom stereocenters. The number of nitrogens with one attached hydrogen (secondary N) is 1. The van der Waals surface area contributed by atoms with Gasteiger partial charge in [-0.2, -0.15) is 0 Å². The van der Waals surface area contributed by atoms with Crippen LogP contribution in [0.2, 0.25) is 0 Å². The monoisotopic (exact) mass is 463 g/mol. The maximum absolute atomic E-state index is 13.1. The van der Waals surface area contributed by atoms with E-state index in [9.17, 15) is 19.7 Å². The lowest BCUT2D eigenvalue weighted by Crippen LogP contribution is -2.30. The lowest BCUT2D eigenvalue weighted by molar-refractivity contribution is -0.385. The molecule has 11 heteroatoms. The molecular weight excluding hydrogens is 438 g/mol. The van der Waals surface area contributed by atoms with E-state index in [0.717, 1.165) is 29.6 Å². The molecular formula is C21H25N3O7S. The van der Waals surface area contributed by atoms with Crippen LogP contribution >= 0.6 is 11.3 Å². The van der Waals surface area contributed by atoms with Gasteiger partial charge in [-0.3, -0.25) is 19.8 Å². The van der Waals surface area contributed by atoms with Crippen molar-refractivity contribution in [3.63, 3.8) is 0 Å². The van der Waals surface area contributed by atoms with Crippen LogP contribution in [0, 0.1) is 10.1 Å². The van der Waals surface area contributed by atoms with Gasteiger partial charge in [0.25, 0.3) is 11.6 Å². The van der Waals surface area contributed by atoms with Gasteiger partial charge >= 0.3 is 5.97 Å². The summed E-state index contributed by atoms with van der Waals surface area (Å²) in [6.45, 7) is 6.28. The number of amides is 1. The largest absolute Gasteiger partial charge is 0.493 e. The third-order valence-corrected chi connectivity index (χ3v) is 6.37. The minimum absolute atomic E-state index is 0.134. The van der Waals surface area contributed by atoms with Crippen molar-refractivity contribution in [3.05, 3.63) is 43.8 Å². The van der Waals surface area contributed by atoms with E-state index >= 15 is 0 Å². The third-order valence-electron chi connectivity index (χ3n) is 5.23. The second-order valence-electron chi connectivity index (χ2n) is 6.98. The summed E-state index contributed by atoms with van der Waals surface area (Å²) in [4.78, 5) is 39.9. The summed E-state index contributed by atoms with van der Waals surface area (Å²) in [6, 6.07) is 2.39. The highest BCUT2D eigenvalue weighted by molar-refractivity contribution is 7.17. The highest BCUT2D eigenvalue weighted by Crippen LogP contribution is 2.39. The van der Waals surface area contributed by atoms with E-state index in [1.807, 2.05) is 0 Å². The summed E-state index contributed by atoms with van der Waals surface area (Å²) in [7, 11) is 2.72. The van der Waals surface area contributed by atoms with Crippen LogP contribution in [0.15, 0.2) is 12.1 Å². The average molecular weight is 464 g/mol. The first-order valence-electron chi connectivity index (χ1n) is 10.1. The lowest BCUT2D eigenvalue weighted by Gasteiger charge is -2.25. The number of ether oxygens (including phenoxy) is 3. The molecule has 1 aliphatic rings. The molecule has 3 rings (SSSR count). The molecule has 1 aromatic carbocycles. The van der Waals surface area contributed by atoms with Gasteiger partial charge in [-0.05, 0) is 25.5 Å². The van der Waals surface area contributed by atoms with Crippen molar-refractivity contribution in [2.24, 2.45) is 0 Å². The van der Waals surface area contributed by atoms with E-state index in [1.54, 1.807) is 6.92 Å². The predicted molar refractivity (Wildman–Crippen MR) is 119 cm³/mol. The molecule has 0 fully saturated rings. The Morgan fingerprint density at radius 2 is 1.91 bits per heavy atom. The van der Waals surface area contributed by atoms with Crippen molar-refractivity contribution in [3.8, 4) is 11.5 Å². The third kappa shape index (κ3) is 4.53. The van der Waals surface area contributed by atoms with Crippen molar-refractivity contribution in [2.45, 2.75) is 26.8 Å². The van der Waals surface area contributed by atoms with Crippen LogP contribution in [0.25, 0.3) is 0 Å². The van der Waals surface area contributed by atoms with Gasteiger partial charge in [0, 0.05) is 24.0 Å². The number of hydrogen-bond acceptors (Lipinski definition) is 9. The fourth-order valence-corrected chi connectivity index (χ4v) is 4.88. The number of likely N-dealkylation sites (N-methyl/N-ethyl adjacent to an activating group) is 1. The molecule has 0 unspecified atom stereocenters. The number of anilines is 1. The van der Waals surface area contributed by atoms with Crippen molar-refractivity contribution in [1.29, 1.82) is 0 Å². The van der Waals surface area contributed by atoms with Crippen LogP contribution < -0.4 is 14.8 Å². The van der Waals surface area contributed by atoms with Gasteiger partial charge in [-0.15, -0.1) is 11.3 Å². The topological polar surface area (TPSA) is 120 Å². The number of hydrogen-bond donors (Lipinski definition) is 1. The molecule has 0 saturated carbocycles. The van der Waals surface area contributed by atoms with Crippen LogP contribution in [0.3, 0.4) is 0 Å². The van der Waals surface area contributed by atoms with Crippen LogP contribution in [0.1, 0.15) is 45.0 Å². The van der Waals surface area contributed by atoms with Gasteiger partial charge in [0.05, 0.1) is 37.4 Å². The molecule has 172 valence electrons. The van der Waals surface area contributed by atoms with Crippen LogP contribution in [-0.2, 0) is 17.7 Å². The van der Waals surface area contributed by atoms with Crippen molar-refractivity contribution < 1.29 is 28.7 Å². The van der Waals surface area contributed by atoms with Gasteiger partial charge in [-0.1, -0.05) is 6.92 Å². The fraction of sp³-hybridized carbons (Fsp3) is 0.429. The maximum atomic E-state index is 13.1. The molecule has 2 aromatic rings. The first-order chi connectivity index (χ1) is 15.3. The summed E-state index contributed by atoms with van der Waals surface area (Å²) >= 11 is 1.29. The number of esters is 1. The number of carbonyl (C=O) groups is 2. The molecule has 2 heterocycles. The number of benzene rings is 1. The number of nitrogens with zero attached hydrogens (tertiary/aromatic N) is 2. The second kappa shape index (κ2) is 9.96. The minimum atomic E-state index is -0.728. The molecule has 32 heavy (non-hydrogen) atoms. The van der Waals surface area contributed by atoms with Gasteiger partial charge in [0.15, 0.2) is 11.5 Å². The summed E-state index contributed by atoms with van der Waals surface area (Å²) < 4.78 is 15.5. The first-order valence-corrected chi connectivity index (χ1v) is 10.9. The summed E-state index contributed by atoms with van der Waals surface area (Å²) in [6.07, 6.45) is 0.653. The van der Waals surface area contributed by atoms with Crippen molar-refractivity contribution >= 4 is 33.9 Å². The Balaban J connectivity index is 2.03. The lowest BCUT2D eigenvalue weighted by atomic mass is 10.0. The Hall–Kier alpha value is -3.18. The van der Waals surface area contributed by atoms with E-state index in [1.165, 1.54) is 31.6 Å². The number of rotatable bonds is 8. The van der Waals surface area contributed by atoms with Gasteiger partial charge in [-0.25, -0.2) is 4.79 Å². The van der Waals surface area contributed by atoms with Crippen molar-refractivity contribution in [2.75, 3.05) is 39.2 Å². The quantitative estimate of drug-likeness (QED) is 0.359. The molecule has 1 aliphatic heterocycles. The zero-order valence-corrected chi connectivity index (χ0v) is 19.2. The van der Waals surface area contributed by atoms with E-state index in [-0.39, 0.29) is 23.7 Å². The average Bonchev–Trinajstić information content (AvgIpc) is 3.14. The molecule has 0 radical (unpaired) electrons. The Kier molecular flexibility index (Phi) is 7.31. The molecule has 10 nitrogen and oxygen atoms in total. The van der Waals surface area contributed by atoms with Gasteiger partial charge < -0.3 is 19.5 Å². The zero-order valence-electron chi connectivity index (χ0n) is 18.4. The number of nitro benzene ring substituents is 1. The number of fused-ring (bicyclic) bond motifs is 1. The summed E-state index contributed by atoms with van der Waals surface area (Å²) in [5.41, 5.74) is 0.537. The molecule has 1 N–H and O–H groups in total. The highest BCUT2D eigenvalue weighted by atomic mass is 32.1. The van der Waals surface area contributed by atoms with Gasteiger partial charge in [0.1, 0.15) is 10.6 Å². The zero-order chi connectivity index (χ0) is 23.4. The normalized spacial score (nSPS) is 13.2. The molecule has 1 amide bonds. The second-order valence-corrected chi connectivity index (χ2v) is 8.09. The van der Waals surface area contributed by atoms with Crippen LogP contribution in [0.5, 0.6) is 11.5 Å². The SMILES string of the molecule is CCOC(=O)c1c(NC(=O)c2cc(OC)c(OC)cc2[N+](=O)[O-])sc2c1CCN(CC)C2. The summed E-state index contributed by atoms with van der Waals surface area (Å²) in [5, 5.41) is 14.6. The fourth-order valence-electron chi connectivity index (χ4n) is 3.61. The molecule has 0 spiro atoms. The number of methoxy groups -OCH3 is 2. The Bertz CT molecular complexity index is 1050. The standard InChI is InChI=1S/C21H25N3O7S/c1-5-23-8-7-12-17(11-23)32-20(18(12)21(26)31-6-2)22-19(25)13-9-15(29-3)16(30-4)10-14(13)24(27)28/h9-10H,5-8,11H2,1-4H3,(H,22,25). The Morgan fingerprint density at radius 3 is 2.50 bits per heavy atom. The molecule has 0 bridgehead atoms. The predicted octanol–water partition coefficient (Wildman–Crippen LogP) is 3.48. The summed E-state index contributed by atoms with van der Waals surface area (Å²) in [5.74, 6) is -0.937. The number of carbonyl (C=O) groups excluding carboxylic acids is 2. The number of thiophene rings is 1. The first kappa shape index (κ1) is 23.5. The minimum Gasteiger partial charge on any atom is -0.493 e. The number of nitro groups is 1. The molecule has 0 aliphatic carbocycles. The van der Waals surface area contributed by atoms with Crippen LogP contribution in [-0.4, -0.2) is 55.6 Å².